The minimum atomic E-state index is -3.16. The zero-order chi connectivity index (χ0) is 15.6. The fourth-order valence-corrected chi connectivity index (χ4v) is 3.81. The van der Waals surface area contributed by atoms with E-state index in [2.05, 4.69) is 20.7 Å². The van der Waals surface area contributed by atoms with Gasteiger partial charge in [-0.25, -0.2) is 13.1 Å². The van der Waals surface area contributed by atoms with Gasteiger partial charge in [0.05, 0.1) is 16.8 Å². The van der Waals surface area contributed by atoms with Gasteiger partial charge in [0.2, 0.25) is 10.0 Å². The highest BCUT2D eigenvalue weighted by molar-refractivity contribution is 9.10. The van der Waals surface area contributed by atoms with Gasteiger partial charge in [-0.2, -0.15) is 0 Å². The Morgan fingerprint density at radius 3 is 2.52 bits per heavy atom. The molecule has 1 saturated carbocycles. The smallest absolute Gasteiger partial charge is 0.254 e. The molecule has 21 heavy (non-hydrogen) atoms. The van der Waals surface area contributed by atoms with Crippen LogP contribution in [0.4, 0.5) is 0 Å². The van der Waals surface area contributed by atoms with Gasteiger partial charge in [0.1, 0.15) is 5.75 Å². The van der Waals surface area contributed by atoms with Crippen LogP contribution in [-0.4, -0.2) is 31.4 Å². The monoisotopic (exact) mass is 378 g/mol. The molecule has 0 aliphatic heterocycles. The number of pyridine rings is 1. The molecular formula is C13H19BrN2O4S. The number of ether oxygens (including phenoxy) is 1. The highest BCUT2D eigenvalue weighted by Gasteiger charge is 2.24. The van der Waals surface area contributed by atoms with Crippen molar-refractivity contribution >= 4 is 26.0 Å². The average molecular weight is 379 g/mol. The summed E-state index contributed by atoms with van der Waals surface area (Å²) in [5, 5.41) is 0. The van der Waals surface area contributed by atoms with E-state index in [0.717, 1.165) is 30.2 Å². The normalized spacial score (nSPS) is 23.0. The first-order chi connectivity index (χ1) is 9.74. The number of aryl methyl sites for hydroxylation is 1. The Kier molecular flexibility index (Phi) is 5.11. The number of hydrogen-bond donors (Lipinski definition) is 1. The van der Waals surface area contributed by atoms with Crippen LogP contribution in [0.25, 0.3) is 0 Å². The molecule has 0 radical (unpaired) electrons. The van der Waals surface area contributed by atoms with Crippen molar-refractivity contribution in [1.29, 1.82) is 0 Å². The van der Waals surface area contributed by atoms with Crippen LogP contribution in [-0.2, 0) is 17.1 Å². The van der Waals surface area contributed by atoms with Gasteiger partial charge >= 0.3 is 0 Å². The molecule has 0 atom stereocenters. The molecule has 0 bridgehead atoms. The minimum absolute atomic E-state index is 0.00557. The molecule has 1 aromatic rings. The summed E-state index contributed by atoms with van der Waals surface area (Å²) in [7, 11) is -1.48. The lowest BCUT2D eigenvalue weighted by Gasteiger charge is -2.29. The van der Waals surface area contributed by atoms with Crippen LogP contribution >= 0.6 is 15.9 Å². The lowest BCUT2D eigenvalue weighted by Crippen LogP contribution is -2.39. The van der Waals surface area contributed by atoms with Crippen molar-refractivity contribution in [3.8, 4) is 5.75 Å². The summed E-state index contributed by atoms with van der Waals surface area (Å²) < 4.78 is 33.1. The summed E-state index contributed by atoms with van der Waals surface area (Å²) >= 11 is 3.38. The maximum atomic E-state index is 11.6. The van der Waals surface area contributed by atoms with E-state index >= 15 is 0 Å². The van der Waals surface area contributed by atoms with E-state index in [1.54, 1.807) is 13.2 Å². The van der Waals surface area contributed by atoms with Crippen LogP contribution in [0, 0.1) is 0 Å². The van der Waals surface area contributed by atoms with Gasteiger partial charge in [-0.3, -0.25) is 4.79 Å². The first-order valence-corrected chi connectivity index (χ1v) is 9.43. The number of nitrogens with zero attached hydrogens (tertiary/aromatic N) is 1. The van der Waals surface area contributed by atoms with E-state index in [1.165, 1.54) is 16.9 Å². The van der Waals surface area contributed by atoms with Crippen molar-refractivity contribution < 1.29 is 13.2 Å². The van der Waals surface area contributed by atoms with Gasteiger partial charge < -0.3 is 9.30 Å². The van der Waals surface area contributed by atoms with Gasteiger partial charge in [-0.1, -0.05) is 0 Å². The second-order valence-corrected chi connectivity index (χ2v) is 8.05. The number of rotatable bonds is 4. The molecule has 8 heteroatoms. The summed E-state index contributed by atoms with van der Waals surface area (Å²) in [4.78, 5) is 11.6. The maximum absolute atomic E-state index is 11.6. The second kappa shape index (κ2) is 6.50. The van der Waals surface area contributed by atoms with Crippen molar-refractivity contribution in [2.45, 2.75) is 37.8 Å². The molecule has 1 heterocycles. The lowest BCUT2D eigenvalue weighted by atomic mass is 9.94. The average Bonchev–Trinajstić information content (AvgIpc) is 2.36. The molecular weight excluding hydrogens is 360 g/mol. The largest absolute Gasteiger partial charge is 0.489 e. The van der Waals surface area contributed by atoms with Crippen molar-refractivity contribution in [2.24, 2.45) is 7.05 Å². The van der Waals surface area contributed by atoms with E-state index in [0.29, 0.717) is 5.75 Å². The Bertz CT molecular complexity index is 663. The van der Waals surface area contributed by atoms with Crippen LogP contribution in [0.1, 0.15) is 25.7 Å². The standard InChI is InChI=1S/C13H19BrN2O4S/c1-16-8-11(14)12(7-13(16)17)20-10-5-3-9(4-6-10)15-21(2,18)19/h7-10,15H,3-6H2,1-2H3/t9-,10-. The molecule has 0 unspecified atom stereocenters. The fraction of sp³-hybridized carbons (Fsp3) is 0.615. The zero-order valence-corrected chi connectivity index (χ0v) is 14.4. The molecule has 1 fully saturated rings. The molecule has 0 saturated heterocycles. The van der Waals surface area contributed by atoms with Crippen LogP contribution in [0.15, 0.2) is 21.5 Å². The van der Waals surface area contributed by atoms with Crippen molar-refractivity contribution in [2.75, 3.05) is 6.26 Å². The molecule has 1 aliphatic rings. The third-order valence-electron chi connectivity index (χ3n) is 3.49. The molecule has 2 rings (SSSR count). The predicted molar refractivity (Wildman–Crippen MR) is 84.0 cm³/mol. The highest BCUT2D eigenvalue weighted by Crippen LogP contribution is 2.28. The van der Waals surface area contributed by atoms with Gasteiger partial charge in [-0.05, 0) is 41.6 Å². The molecule has 0 spiro atoms. The van der Waals surface area contributed by atoms with Gasteiger partial charge in [0.15, 0.2) is 0 Å². The molecule has 6 nitrogen and oxygen atoms in total. The predicted octanol–water partition coefficient (Wildman–Crippen LogP) is 1.39. The molecule has 1 aromatic heterocycles. The Morgan fingerprint density at radius 2 is 1.95 bits per heavy atom. The second-order valence-electron chi connectivity index (χ2n) is 5.42. The van der Waals surface area contributed by atoms with E-state index in [9.17, 15) is 13.2 Å². The Labute approximate surface area is 132 Å². The van der Waals surface area contributed by atoms with Crippen molar-refractivity contribution in [3.05, 3.63) is 27.1 Å². The molecule has 1 N–H and O–H groups in total. The summed E-state index contributed by atoms with van der Waals surface area (Å²) in [6.45, 7) is 0. The van der Waals surface area contributed by atoms with E-state index < -0.39 is 10.0 Å². The quantitative estimate of drug-likeness (QED) is 0.858. The number of hydrogen-bond acceptors (Lipinski definition) is 4. The molecule has 118 valence electrons. The van der Waals surface area contributed by atoms with Gasteiger partial charge in [-0.15, -0.1) is 0 Å². The van der Waals surface area contributed by atoms with E-state index in [4.69, 9.17) is 4.74 Å². The third kappa shape index (κ3) is 4.82. The SMILES string of the molecule is Cn1cc(Br)c(O[C@H]2CC[C@H](NS(C)(=O)=O)CC2)cc1=O. The lowest BCUT2D eigenvalue weighted by molar-refractivity contribution is 0.143. The highest BCUT2D eigenvalue weighted by atomic mass is 79.9. The summed E-state index contributed by atoms with van der Waals surface area (Å²) in [5.41, 5.74) is -0.124. The minimum Gasteiger partial charge on any atom is -0.489 e. The van der Waals surface area contributed by atoms with E-state index in [-0.39, 0.29) is 17.7 Å². The third-order valence-corrected chi connectivity index (χ3v) is 4.85. The number of nitrogens with one attached hydrogen (secondary N) is 1. The topological polar surface area (TPSA) is 77.4 Å². The van der Waals surface area contributed by atoms with Crippen LogP contribution in [0.5, 0.6) is 5.75 Å². The molecule has 1 aliphatic carbocycles. The fourth-order valence-electron chi connectivity index (χ4n) is 2.45. The molecule has 0 aromatic carbocycles. The van der Waals surface area contributed by atoms with Gasteiger partial charge in [0.25, 0.3) is 5.56 Å². The van der Waals surface area contributed by atoms with Crippen LogP contribution in [0.3, 0.4) is 0 Å². The summed E-state index contributed by atoms with van der Waals surface area (Å²) in [6.07, 6.45) is 5.84. The maximum Gasteiger partial charge on any atom is 0.254 e. The molecule has 0 amide bonds. The number of halogens is 1. The zero-order valence-electron chi connectivity index (χ0n) is 12.0. The number of aromatic nitrogens is 1. The first kappa shape index (κ1) is 16.5. The number of sulfonamides is 1. The van der Waals surface area contributed by atoms with E-state index in [1.807, 2.05) is 0 Å². The first-order valence-electron chi connectivity index (χ1n) is 6.75. The van der Waals surface area contributed by atoms with Crippen molar-refractivity contribution in [1.82, 2.24) is 9.29 Å². The summed E-state index contributed by atoms with van der Waals surface area (Å²) in [6, 6.07) is 1.44. The Hall–Kier alpha value is -0.860. The van der Waals surface area contributed by atoms with Crippen LogP contribution in [0.2, 0.25) is 0 Å². The van der Waals surface area contributed by atoms with Crippen molar-refractivity contribution in [3.63, 3.8) is 0 Å². The summed E-state index contributed by atoms with van der Waals surface area (Å²) in [5.74, 6) is 0.539. The Balaban J connectivity index is 1.95. The van der Waals surface area contributed by atoms with Gasteiger partial charge in [0, 0.05) is 25.4 Å². The van der Waals surface area contributed by atoms with Crippen LogP contribution < -0.4 is 15.0 Å². The Morgan fingerprint density at radius 1 is 1.33 bits per heavy atom.